The van der Waals surface area contributed by atoms with Gasteiger partial charge in [0.25, 0.3) is 5.56 Å². The molecule has 4 nitrogen and oxygen atoms in total. The van der Waals surface area contributed by atoms with Crippen LogP contribution in [0.3, 0.4) is 0 Å². The van der Waals surface area contributed by atoms with Crippen molar-refractivity contribution in [3.8, 4) is 21.7 Å². The van der Waals surface area contributed by atoms with E-state index in [0.29, 0.717) is 21.1 Å². The summed E-state index contributed by atoms with van der Waals surface area (Å²) in [5, 5.41) is 6.16. The first-order chi connectivity index (χ1) is 15.1. The van der Waals surface area contributed by atoms with E-state index in [1.54, 1.807) is 35.1 Å². The molecule has 0 aliphatic rings. The van der Waals surface area contributed by atoms with Crippen LogP contribution in [-0.4, -0.2) is 14.5 Å². The number of thiophene rings is 1. The third-order valence-corrected chi connectivity index (χ3v) is 7.73. The molecule has 5 aromatic rings. The molecule has 0 amide bonds. The number of thiazole rings is 1. The first kappa shape index (κ1) is 20.1. The number of nitrogens with zero attached hydrogens (tertiary/aromatic N) is 3. The monoisotopic (exact) mass is 465 g/mol. The number of fused-ring (bicyclic) bond motifs is 1. The molecule has 0 unspecified atom stereocenters. The lowest BCUT2D eigenvalue weighted by Crippen LogP contribution is -2.19. The molecule has 2 aromatic carbocycles. The Morgan fingerprint density at radius 3 is 2.52 bits per heavy atom. The summed E-state index contributed by atoms with van der Waals surface area (Å²) in [6, 6.07) is 16.3. The molecule has 0 aliphatic heterocycles. The van der Waals surface area contributed by atoms with Crippen LogP contribution in [0.15, 0.2) is 75.3 Å². The van der Waals surface area contributed by atoms with Gasteiger partial charge in [-0.15, -0.1) is 22.7 Å². The van der Waals surface area contributed by atoms with Gasteiger partial charge in [0, 0.05) is 34.7 Å². The molecule has 0 spiro atoms. The number of thioether (sulfide) groups is 1. The lowest BCUT2D eigenvalue weighted by atomic mass is 10.1. The van der Waals surface area contributed by atoms with Gasteiger partial charge in [-0.2, -0.15) is 0 Å². The second-order valence-electron chi connectivity index (χ2n) is 6.89. The van der Waals surface area contributed by atoms with Gasteiger partial charge in [-0.25, -0.2) is 14.4 Å². The van der Waals surface area contributed by atoms with E-state index >= 15 is 0 Å². The number of rotatable bonds is 5. The van der Waals surface area contributed by atoms with Gasteiger partial charge in [0.15, 0.2) is 5.16 Å². The average molecular weight is 466 g/mol. The Morgan fingerprint density at radius 2 is 1.74 bits per heavy atom. The van der Waals surface area contributed by atoms with Crippen molar-refractivity contribution in [2.24, 2.45) is 7.05 Å². The highest BCUT2D eigenvalue weighted by molar-refractivity contribution is 7.98. The molecule has 0 radical (unpaired) electrons. The van der Waals surface area contributed by atoms with E-state index in [4.69, 9.17) is 9.97 Å². The van der Waals surface area contributed by atoms with E-state index in [9.17, 15) is 9.18 Å². The Morgan fingerprint density at radius 1 is 0.968 bits per heavy atom. The molecule has 0 saturated heterocycles. The Bertz CT molecular complexity index is 1420. The molecule has 0 saturated carbocycles. The van der Waals surface area contributed by atoms with Crippen LogP contribution in [0.5, 0.6) is 0 Å². The summed E-state index contributed by atoms with van der Waals surface area (Å²) in [5.41, 5.74) is 3.56. The number of hydrogen-bond acceptors (Lipinski definition) is 6. The Labute approximate surface area is 190 Å². The summed E-state index contributed by atoms with van der Waals surface area (Å²) in [7, 11) is 1.74. The molecule has 8 heteroatoms. The van der Waals surface area contributed by atoms with Crippen LogP contribution in [0, 0.1) is 5.82 Å². The molecule has 5 rings (SSSR count). The fourth-order valence-electron chi connectivity index (χ4n) is 3.25. The SMILES string of the molecule is Cn1c(SCc2csc(-c3ccccc3)n2)nc2scc(-c3ccc(F)cc3)c2c1=O. The molecule has 0 aliphatic carbocycles. The average Bonchev–Trinajstić information content (AvgIpc) is 3.44. The number of halogens is 1. The fourth-order valence-corrected chi connectivity index (χ4v) is 6.03. The maximum absolute atomic E-state index is 13.3. The molecule has 0 N–H and O–H groups in total. The molecule has 31 heavy (non-hydrogen) atoms. The Hall–Kier alpha value is -2.81. The summed E-state index contributed by atoms with van der Waals surface area (Å²) in [4.78, 5) is 23.2. The quantitative estimate of drug-likeness (QED) is 0.228. The van der Waals surface area contributed by atoms with Crippen molar-refractivity contribution in [3.05, 3.63) is 87.2 Å². The van der Waals surface area contributed by atoms with E-state index in [2.05, 4.69) is 0 Å². The van der Waals surface area contributed by atoms with Gasteiger partial charge in [0.05, 0.1) is 11.1 Å². The van der Waals surface area contributed by atoms with E-state index < -0.39 is 0 Å². The second-order valence-corrected chi connectivity index (χ2v) is 9.55. The predicted molar refractivity (Wildman–Crippen MR) is 127 cm³/mol. The van der Waals surface area contributed by atoms with Crippen molar-refractivity contribution in [3.63, 3.8) is 0 Å². The van der Waals surface area contributed by atoms with E-state index in [0.717, 1.165) is 27.4 Å². The van der Waals surface area contributed by atoms with E-state index in [1.807, 2.05) is 41.1 Å². The maximum atomic E-state index is 13.3. The lowest BCUT2D eigenvalue weighted by molar-refractivity contribution is 0.628. The number of benzene rings is 2. The molecule has 0 fully saturated rings. The summed E-state index contributed by atoms with van der Waals surface area (Å²) in [6.45, 7) is 0. The van der Waals surface area contributed by atoms with Crippen molar-refractivity contribution in [1.82, 2.24) is 14.5 Å². The van der Waals surface area contributed by atoms with E-state index in [1.165, 1.54) is 35.2 Å². The standard InChI is InChI=1S/C23H16FN3OS3/c1-27-22(28)19-18(14-7-9-16(24)10-8-14)13-30-21(19)26-23(27)31-12-17-11-29-20(25-17)15-5-3-2-4-6-15/h2-11,13H,12H2,1H3. The molecule has 154 valence electrons. The van der Waals surface area contributed by atoms with Crippen LogP contribution >= 0.6 is 34.4 Å². The third-order valence-electron chi connectivity index (χ3n) is 4.85. The van der Waals surface area contributed by atoms with Gasteiger partial charge < -0.3 is 0 Å². The second kappa shape index (κ2) is 8.37. The summed E-state index contributed by atoms with van der Waals surface area (Å²) in [6.07, 6.45) is 0. The van der Waals surface area contributed by atoms with Gasteiger partial charge >= 0.3 is 0 Å². The van der Waals surface area contributed by atoms with Crippen molar-refractivity contribution >= 4 is 44.7 Å². The van der Waals surface area contributed by atoms with Crippen molar-refractivity contribution in [1.29, 1.82) is 0 Å². The van der Waals surface area contributed by atoms with Crippen LogP contribution in [0.2, 0.25) is 0 Å². The molecule has 0 bridgehead atoms. The number of aromatic nitrogens is 3. The zero-order valence-electron chi connectivity index (χ0n) is 16.4. The zero-order valence-corrected chi connectivity index (χ0v) is 18.9. The minimum atomic E-state index is -0.300. The topological polar surface area (TPSA) is 47.8 Å². The minimum absolute atomic E-state index is 0.101. The van der Waals surface area contributed by atoms with Crippen molar-refractivity contribution < 1.29 is 4.39 Å². The molecule has 3 heterocycles. The van der Waals surface area contributed by atoms with Crippen LogP contribution in [0.25, 0.3) is 31.9 Å². The molecular formula is C23H16FN3OS3. The Kier molecular flexibility index (Phi) is 5.43. The molecule has 0 atom stereocenters. The summed E-state index contributed by atoms with van der Waals surface area (Å²) in [5.74, 6) is 0.330. The van der Waals surface area contributed by atoms with Gasteiger partial charge in [0.2, 0.25) is 0 Å². The van der Waals surface area contributed by atoms with Crippen molar-refractivity contribution in [2.45, 2.75) is 10.9 Å². The van der Waals surface area contributed by atoms with Gasteiger partial charge in [-0.3, -0.25) is 9.36 Å². The normalized spacial score (nSPS) is 11.3. The number of hydrogen-bond donors (Lipinski definition) is 0. The third kappa shape index (κ3) is 3.94. The highest BCUT2D eigenvalue weighted by Gasteiger charge is 2.16. The smallest absolute Gasteiger partial charge is 0.263 e. The maximum Gasteiger partial charge on any atom is 0.263 e. The van der Waals surface area contributed by atoms with Crippen LogP contribution < -0.4 is 5.56 Å². The Balaban J connectivity index is 1.42. The lowest BCUT2D eigenvalue weighted by Gasteiger charge is -2.07. The fraction of sp³-hybridized carbons (Fsp3) is 0.0870. The first-order valence-electron chi connectivity index (χ1n) is 9.47. The summed E-state index contributed by atoms with van der Waals surface area (Å²) < 4.78 is 14.9. The highest BCUT2D eigenvalue weighted by Crippen LogP contribution is 2.33. The minimum Gasteiger partial charge on any atom is -0.290 e. The predicted octanol–water partition coefficient (Wildman–Crippen LogP) is 6.22. The van der Waals surface area contributed by atoms with E-state index in [-0.39, 0.29) is 11.4 Å². The molecule has 3 aromatic heterocycles. The van der Waals surface area contributed by atoms with Gasteiger partial charge in [0.1, 0.15) is 15.7 Å². The zero-order chi connectivity index (χ0) is 21.4. The van der Waals surface area contributed by atoms with Gasteiger partial charge in [-0.05, 0) is 17.7 Å². The molecular weight excluding hydrogens is 449 g/mol. The van der Waals surface area contributed by atoms with Gasteiger partial charge in [-0.1, -0.05) is 54.2 Å². The van der Waals surface area contributed by atoms with Crippen LogP contribution in [0.1, 0.15) is 5.69 Å². The van der Waals surface area contributed by atoms with Crippen molar-refractivity contribution in [2.75, 3.05) is 0 Å². The first-order valence-corrected chi connectivity index (χ1v) is 12.2. The highest BCUT2D eigenvalue weighted by atomic mass is 32.2. The van der Waals surface area contributed by atoms with Crippen LogP contribution in [0.4, 0.5) is 4.39 Å². The van der Waals surface area contributed by atoms with Crippen LogP contribution in [-0.2, 0) is 12.8 Å². The largest absolute Gasteiger partial charge is 0.290 e. The summed E-state index contributed by atoms with van der Waals surface area (Å²) >= 11 is 4.54.